The van der Waals surface area contributed by atoms with Gasteiger partial charge >= 0.3 is 5.97 Å². The van der Waals surface area contributed by atoms with Gasteiger partial charge in [-0.2, -0.15) is 0 Å². The van der Waals surface area contributed by atoms with Crippen LogP contribution < -0.4 is 0 Å². The smallest absolute Gasteiger partial charge is 0.306 e. The van der Waals surface area contributed by atoms with Crippen molar-refractivity contribution in [2.45, 2.75) is 58.0 Å². The largest absolute Gasteiger partial charge is 0.481 e. The molecule has 5 nitrogen and oxygen atoms in total. The number of carboxylic acids is 1. The van der Waals surface area contributed by atoms with Crippen molar-refractivity contribution in [1.82, 2.24) is 9.97 Å². The van der Waals surface area contributed by atoms with Crippen molar-refractivity contribution in [3.63, 3.8) is 0 Å². The number of aryl methyl sites for hydroxylation is 2. The number of aliphatic carboxylic acids is 1. The first-order valence-electron chi connectivity index (χ1n) is 7.73. The molecule has 3 rings (SSSR count). The summed E-state index contributed by atoms with van der Waals surface area (Å²) in [5.41, 5.74) is 2.57. The van der Waals surface area contributed by atoms with Gasteiger partial charge in [0.05, 0.1) is 5.92 Å². The van der Waals surface area contributed by atoms with Gasteiger partial charge in [-0.3, -0.25) is 4.79 Å². The van der Waals surface area contributed by atoms with Crippen LogP contribution in [0.15, 0.2) is 0 Å². The first-order valence-corrected chi connectivity index (χ1v) is 7.73. The summed E-state index contributed by atoms with van der Waals surface area (Å²) in [5.74, 6) is -0.244. The van der Waals surface area contributed by atoms with Crippen LogP contribution in [0, 0.1) is 12.8 Å². The molecular formula is C16H22N2O3. The van der Waals surface area contributed by atoms with Crippen LogP contribution in [0.5, 0.6) is 0 Å². The Kier molecular flexibility index (Phi) is 3.69. The molecule has 0 bridgehead atoms. The molecule has 2 heterocycles. The lowest BCUT2D eigenvalue weighted by atomic mass is 9.85. The molecule has 0 aromatic carbocycles. The molecule has 0 spiro atoms. The summed E-state index contributed by atoms with van der Waals surface area (Å²) in [6.07, 6.45) is 5.11. The van der Waals surface area contributed by atoms with Crippen LogP contribution in [0.25, 0.3) is 0 Å². The Labute approximate surface area is 124 Å². The van der Waals surface area contributed by atoms with Crippen LogP contribution >= 0.6 is 0 Å². The first-order chi connectivity index (χ1) is 9.99. The first kappa shape index (κ1) is 14.4. The third-order valence-electron chi connectivity index (χ3n) is 4.77. The van der Waals surface area contributed by atoms with Crippen LogP contribution in [0.2, 0.25) is 0 Å². The zero-order chi connectivity index (χ0) is 15.0. The Bertz CT molecular complexity index is 565. The van der Waals surface area contributed by atoms with Crippen molar-refractivity contribution in [3.8, 4) is 0 Å². The number of nitrogens with zero attached hydrogens (tertiary/aromatic N) is 2. The van der Waals surface area contributed by atoms with Gasteiger partial charge in [-0.05, 0) is 57.9 Å². The monoisotopic (exact) mass is 290 g/mol. The van der Waals surface area contributed by atoms with E-state index in [1.54, 1.807) is 0 Å². The highest BCUT2D eigenvalue weighted by molar-refractivity contribution is 5.71. The summed E-state index contributed by atoms with van der Waals surface area (Å²) in [6.45, 7) is 4.79. The van der Waals surface area contributed by atoms with E-state index >= 15 is 0 Å². The average molecular weight is 290 g/mol. The highest BCUT2D eigenvalue weighted by Gasteiger charge is 2.35. The van der Waals surface area contributed by atoms with Gasteiger partial charge in [-0.25, -0.2) is 9.97 Å². The summed E-state index contributed by atoms with van der Waals surface area (Å²) in [4.78, 5) is 20.6. The minimum absolute atomic E-state index is 0.299. The van der Waals surface area contributed by atoms with Crippen molar-refractivity contribution < 1.29 is 14.6 Å². The van der Waals surface area contributed by atoms with E-state index in [4.69, 9.17) is 9.72 Å². The fourth-order valence-corrected chi connectivity index (χ4v) is 3.34. The SMILES string of the molecule is Cc1nc(C2(C)CCCCO2)nc2c1CC(C(=O)O)CC2. The predicted octanol–water partition coefficient (Wildman–Crippen LogP) is 2.39. The van der Waals surface area contributed by atoms with Crippen molar-refractivity contribution in [1.29, 1.82) is 0 Å². The van der Waals surface area contributed by atoms with E-state index in [0.717, 1.165) is 55.1 Å². The van der Waals surface area contributed by atoms with Crippen LogP contribution in [-0.2, 0) is 28.0 Å². The Morgan fingerprint density at radius 1 is 1.38 bits per heavy atom. The van der Waals surface area contributed by atoms with Crippen LogP contribution in [0.3, 0.4) is 0 Å². The third-order valence-corrected chi connectivity index (χ3v) is 4.77. The standard InChI is InChI=1S/C16H22N2O3/c1-10-12-9-11(14(19)20)5-6-13(12)18-15(17-10)16(2)7-3-4-8-21-16/h11H,3-9H2,1-2H3,(H,19,20). The number of aromatic nitrogens is 2. The van der Waals surface area contributed by atoms with Gasteiger partial charge in [0.25, 0.3) is 0 Å². The Morgan fingerprint density at radius 3 is 2.86 bits per heavy atom. The van der Waals surface area contributed by atoms with Gasteiger partial charge in [-0.1, -0.05) is 0 Å². The molecule has 2 atom stereocenters. The Hall–Kier alpha value is -1.49. The van der Waals surface area contributed by atoms with E-state index in [0.29, 0.717) is 12.8 Å². The van der Waals surface area contributed by atoms with Crippen molar-refractivity contribution >= 4 is 5.97 Å². The fourth-order valence-electron chi connectivity index (χ4n) is 3.34. The van der Waals surface area contributed by atoms with E-state index in [9.17, 15) is 9.90 Å². The molecule has 1 saturated heterocycles. The summed E-state index contributed by atoms with van der Waals surface area (Å²) >= 11 is 0. The molecule has 1 fully saturated rings. The molecule has 21 heavy (non-hydrogen) atoms. The maximum atomic E-state index is 11.2. The topological polar surface area (TPSA) is 72.3 Å². The minimum atomic E-state index is -0.716. The van der Waals surface area contributed by atoms with Gasteiger partial charge in [0.15, 0.2) is 5.82 Å². The second-order valence-electron chi connectivity index (χ2n) is 6.37. The second kappa shape index (κ2) is 5.37. The summed E-state index contributed by atoms with van der Waals surface area (Å²) in [6, 6.07) is 0. The van der Waals surface area contributed by atoms with Gasteiger partial charge in [-0.15, -0.1) is 0 Å². The molecule has 2 unspecified atom stereocenters. The van der Waals surface area contributed by atoms with Crippen molar-refractivity contribution in [2.75, 3.05) is 6.61 Å². The van der Waals surface area contributed by atoms with Gasteiger partial charge in [0, 0.05) is 18.0 Å². The normalized spacial score (nSPS) is 29.0. The summed E-state index contributed by atoms with van der Waals surface area (Å²) in [7, 11) is 0. The third kappa shape index (κ3) is 2.67. The summed E-state index contributed by atoms with van der Waals surface area (Å²) in [5, 5.41) is 9.19. The van der Waals surface area contributed by atoms with Gasteiger partial charge in [0.2, 0.25) is 0 Å². The highest BCUT2D eigenvalue weighted by atomic mass is 16.5. The van der Waals surface area contributed by atoms with Crippen LogP contribution in [0.4, 0.5) is 0 Å². The van der Waals surface area contributed by atoms with E-state index in [-0.39, 0.29) is 11.5 Å². The van der Waals surface area contributed by atoms with E-state index in [1.807, 2.05) is 6.92 Å². The maximum Gasteiger partial charge on any atom is 0.306 e. The molecule has 1 aliphatic heterocycles. The van der Waals surface area contributed by atoms with E-state index < -0.39 is 5.97 Å². The number of ether oxygens (including phenoxy) is 1. The molecular weight excluding hydrogens is 268 g/mol. The molecule has 0 radical (unpaired) electrons. The minimum Gasteiger partial charge on any atom is -0.481 e. The number of hydrogen-bond acceptors (Lipinski definition) is 4. The molecule has 5 heteroatoms. The molecule has 1 aliphatic carbocycles. The number of carbonyl (C=O) groups is 1. The van der Waals surface area contributed by atoms with Gasteiger partial charge in [0.1, 0.15) is 5.60 Å². The molecule has 1 aromatic rings. The van der Waals surface area contributed by atoms with E-state index in [1.165, 1.54) is 0 Å². The van der Waals surface area contributed by atoms with Crippen molar-refractivity contribution in [3.05, 3.63) is 22.8 Å². The Morgan fingerprint density at radius 2 is 2.19 bits per heavy atom. The molecule has 1 aromatic heterocycles. The van der Waals surface area contributed by atoms with Crippen molar-refractivity contribution in [2.24, 2.45) is 5.92 Å². The maximum absolute atomic E-state index is 11.2. The quantitative estimate of drug-likeness (QED) is 0.905. The Balaban J connectivity index is 1.93. The zero-order valence-corrected chi connectivity index (χ0v) is 12.7. The van der Waals surface area contributed by atoms with Gasteiger partial charge < -0.3 is 9.84 Å². The number of fused-ring (bicyclic) bond motifs is 1. The second-order valence-corrected chi connectivity index (χ2v) is 6.37. The predicted molar refractivity (Wildman–Crippen MR) is 77.1 cm³/mol. The lowest BCUT2D eigenvalue weighted by Gasteiger charge is -2.33. The van der Waals surface area contributed by atoms with E-state index in [2.05, 4.69) is 11.9 Å². The zero-order valence-electron chi connectivity index (χ0n) is 12.7. The van der Waals surface area contributed by atoms with Crippen LogP contribution in [0.1, 0.15) is 55.4 Å². The highest BCUT2D eigenvalue weighted by Crippen LogP contribution is 2.35. The fraction of sp³-hybridized carbons (Fsp3) is 0.688. The number of rotatable bonds is 2. The molecule has 2 aliphatic rings. The summed E-state index contributed by atoms with van der Waals surface area (Å²) < 4.78 is 5.94. The van der Waals surface area contributed by atoms with Crippen LogP contribution in [-0.4, -0.2) is 27.7 Å². The lowest BCUT2D eigenvalue weighted by molar-refractivity contribution is -0.142. The molecule has 0 amide bonds. The number of hydrogen-bond donors (Lipinski definition) is 1. The molecule has 0 saturated carbocycles. The average Bonchev–Trinajstić information content (AvgIpc) is 2.47. The molecule has 114 valence electrons. The molecule has 1 N–H and O–H groups in total. The number of carboxylic acid groups (broad SMARTS) is 1. The lowest BCUT2D eigenvalue weighted by Crippen LogP contribution is -2.34.